The third kappa shape index (κ3) is 7.92. The largest absolute Gasteiger partial charge is 0.493 e. The second-order valence-corrected chi connectivity index (χ2v) is 10.8. The molecule has 0 saturated heterocycles. The van der Waals surface area contributed by atoms with Gasteiger partial charge in [-0.2, -0.15) is 0 Å². The molecule has 0 aliphatic carbocycles. The Morgan fingerprint density at radius 1 is 1.10 bits per heavy atom. The lowest BCUT2D eigenvalue weighted by atomic mass is 10.1. The molecule has 6 nitrogen and oxygen atoms in total. The summed E-state index contributed by atoms with van der Waals surface area (Å²) >= 11 is 12.0. The highest BCUT2D eigenvalue weighted by Crippen LogP contribution is 2.30. The quantitative estimate of drug-likeness (QED) is 0.499. The van der Waals surface area contributed by atoms with E-state index in [1.54, 1.807) is 33.1 Å². The van der Waals surface area contributed by atoms with Gasteiger partial charge >= 0.3 is 0 Å². The van der Waals surface area contributed by atoms with Gasteiger partial charge in [0.25, 0.3) is 0 Å². The molecule has 0 spiro atoms. The van der Waals surface area contributed by atoms with Gasteiger partial charge in [0.15, 0.2) is 11.5 Å². The zero-order valence-electron chi connectivity index (χ0n) is 18.1. The number of methoxy groups -OCH3 is 1. The molecule has 1 unspecified atom stereocenters. The van der Waals surface area contributed by atoms with E-state index in [0.717, 1.165) is 11.1 Å². The third-order valence-corrected chi connectivity index (χ3v) is 6.03. The Kier molecular flexibility index (Phi) is 8.65. The number of nitrogens with one attached hydrogen (secondary N) is 2. The molecule has 0 aromatic heterocycles. The minimum absolute atomic E-state index is 0.251. The van der Waals surface area contributed by atoms with Gasteiger partial charge in [-0.15, -0.1) is 0 Å². The molecule has 2 N–H and O–H groups in total. The van der Waals surface area contributed by atoms with Gasteiger partial charge in [-0.1, -0.05) is 35.3 Å². The summed E-state index contributed by atoms with van der Waals surface area (Å²) in [6, 6.07) is 10.9. The first-order valence-corrected chi connectivity index (χ1v) is 12.4. The minimum Gasteiger partial charge on any atom is -0.493 e. The molecular weight excluding hydrogens is 459 g/mol. The van der Waals surface area contributed by atoms with Crippen LogP contribution in [0.1, 0.15) is 25.0 Å². The van der Waals surface area contributed by atoms with Crippen LogP contribution in [-0.2, 0) is 27.5 Å². The normalized spacial score (nSPS) is 13.4. The topological polar surface area (TPSA) is 76.7 Å². The van der Waals surface area contributed by atoms with Crippen LogP contribution >= 0.6 is 23.2 Å². The van der Waals surface area contributed by atoms with Crippen LogP contribution in [0.5, 0.6) is 11.5 Å². The second kappa shape index (κ2) is 10.6. The smallest absolute Gasteiger partial charge is 0.240 e. The van der Waals surface area contributed by atoms with Crippen molar-refractivity contribution in [3.63, 3.8) is 0 Å². The molecule has 2 rings (SSSR count). The molecular formula is C22H28Cl2N2O4S. The number of hydrogen-bond acceptors (Lipinski definition) is 4. The maximum absolute atomic E-state index is 12.4. The van der Waals surface area contributed by atoms with Crippen LogP contribution in [0.25, 0.3) is 0 Å². The lowest BCUT2D eigenvalue weighted by molar-refractivity contribution is -0.125. The maximum atomic E-state index is 12.4. The van der Waals surface area contributed by atoms with Crippen molar-refractivity contribution >= 4 is 44.7 Å². The van der Waals surface area contributed by atoms with E-state index in [9.17, 15) is 9.00 Å². The lowest BCUT2D eigenvalue weighted by Crippen LogP contribution is -2.54. The fourth-order valence-corrected chi connectivity index (χ4v) is 4.40. The Balaban J connectivity index is 1.95. The molecule has 0 aliphatic heterocycles. The molecule has 0 aliphatic rings. The predicted octanol–water partition coefficient (Wildman–Crippen LogP) is 3.87. The molecule has 2 aromatic carbocycles. The number of halogens is 2. The van der Waals surface area contributed by atoms with Crippen molar-refractivity contribution in [3.8, 4) is 11.5 Å². The summed E-state index contributed by atoms with van der Waals surface area (Å²) in [5.74, 6) is 4.47. The van der Waals surface area contributed by atoms with E-state index in [2.05, 4.69) is 15.9 Å². The number of carbonyl (C=O) groups is 1. The Morgan fingerprint density at radius 2 is 1.77 bits per heavy atom. The summed E-state index contributed by atoms with van der Waals surface area (Å²) in [6.07, 6.45) is 2.05. The van der Waals surface area contributed by atoms with Gasteiger partial charge in [0.1, 0.15) is 12.1 Å². The Hall–Kier alpha value is -1.93. The van der Waals surface area contributed by atoms with E-state index < -0.39 is 15.2 Å². The molecule has 9 heteroatoms. The van der Waals surface area contributed by atoms with Crippen molar-refractivity contribution in [3.05, 3.63) is 57.6 Å². The standard InChI is InChI=1S/C22H28Cl2N2O4S/c1-22(2,26-31(4,5)28)21(27)25-11-10-15-7-9-19(20(13-15)29-3)30-14-16-6-8-17(23)18(24)12-16/h6-9,12-13H,4,10-11,14H2,1-3,5H3,(H,25,27)(H,26,28). The van der Waals surface area contributed by atoms with Crippen LogP contribution in [0.3, 0.4) is 0 Å². The molecule has 1 amide bonds. The maximum Gasteiger partial charge on any atom is 0.240 e. The molecule has 0 bridgehead atoms. The van der Waals surface area contributed by atoms with Gasteiger partial charge in [-0.25, -0.2) is 4.72 Å². The molecule has 1 atom stereocenters. The summed E-state index contributed by atoms with van der Waals surface area (Å²) in [5, 5.41) is 3.82. The zero-order chi connectivity index (χ0) is 23.2. The van der Waals surface area contributed by atoms with Crippen molar-refractivity contribution in [1.29, 1.82) is 0 Å². The highest BCUT2D eigenvalue weighted by atomic mass is 35.5. The van der Waals surface area contributed by atoms with E-state index >= 15 is 0 Å². The molecule has 31 heavy (non-hydrogen) atoms. The summed E-state index contributed by atoms with van der Waals surface area (Å²) in [6.45, 7) is 4.07. The molecule has 0 fully saturated rings. The lowest BCUT2D eigenvalue weighted by Gasteiger charge is -2.25. The van der Waals surface area contributed by atoms with Gasteiger partial charge in [0, 0.05) is 22.5 Å². The number of carbonyl (C=O) groups excluding carboxylic acids is 1. The van der Waals surface area contributed by atoms with Crippen LogP contribution < -0.4 is 19.5 Å². The van der Waals surface area contributed by atoms with E-state index in [-0.39, 0.29) is 5.91 Å². The van der Waals surface area contributed by atoms with E-state index in [0.29, 0.717) is 41.1 Å². The van der Waals surface area contributed by atoms with Gasteiger partial charge < -0.3 is 14.8 Å². The van der Waals surface area contributed by atoms with Crippen molar-refractivity contribution in [2.24, 2.45) is 0 Å². The number of rotatable bonds is 10. The average molecular weight is 487 g/mol. The molecule has 170 valence electrons. The monoisotopic (exact) mass is 486 g/mol. The number of amides is 1. The number of ether oxygens (including phenoxy) is 2. The van der Waals surface area contributed by atoms with Crippen molar-refractivity contribution < 1.29 is 18.5 Å². The van der Waals surface area contributed by atoms with Crippen LogP contribution in [0.4, 0.5) is 0 Å². The van der Waals surface area contributed by atoms with E-state index in [4.69, 9.17) is 32.7 Å². The SMILES string of the molecule is C=S(C)(=O)NC(C)(C)C(=O)NCCc1ccc(OCc2ccc(Cl)c(Cl)c2)c(OC)c1. The first-order valence-electron chi connectivity index (χ1n) is 9.54. The van der Waals surface area contributed by atoms with Crippen LogP contribution in [0.15, 0.2) is 36.4 Å². The van der Waals surface area contributed by atoms with Crippen molar-refractivity contribution in [2.75, 3.05) is 19.9 Å². The number of benzene rings is 2. The van der Waals surface area contributed by atoms with Crippen LogP contribution in [0, 0.1) is 0 Å². The van der Waals surface area contributed by atoms with Crippen LogP contribution in [-0.4, -0.2) is 41.4 Å². The molecule has 2 aromatic rings. The summed E-state index contributed by atoms with van der Waals surface area (Å²) in [7, 11) is -0.932. The second-order valence-electron chi connectivity index (χ2n) is 7.76. The van der Waals surface area contributed by atoms with E-state index in [1.807, 2.05) is 24.3 Å². The zero-order valence-corrected chi connectivity index (χ0v) is 20.4. The Morgan fingerprint density at radius 3 is 2.39 bits per heavy atom. The van der Waals surface area contributed by atoms with Crippen molar-refractivity contribution in [1.82, 2.24) is 10.0 Å². The molecule has 0 heterocycles. The molecule has 0 radical (unpaired) electrons. The fraction of sp³-hybridized carbons (Fsp3) is 0.364. The third-order valence-electron chi connectivity index (χ3n) is 4.34. The number of hydrogen-bond donors (Lipinski definition) is 2. The Labute approximate surface area is 194 Å². The first kappa shape index (κ1) is 25.3. The predicted molar refractivity (Wildman–Crippen MR) is 129 cm³/mol. The summed E-state index contributed by atoms with van der Waals surface area (Å²) < 4.78 is 25.9. The van der Waals surface area contributed by atoms with Crippen LogP contribution in [0.2, 0.25) is 10.0 Å². The summed E-state index contributed by atoms with van der Waals surface area (Å²) in [5.41, 5.74) is 0.868. The highest BCUT2D eigenvalue weighted by Gasteiger charge is 2.28. The van der Waals surface area contributed by atoms with Gasteiger partial charge in [-0.05, 0) is 61.5 Å². The van der Waals surface area contributed by atoms with E-state index in [1.165, 1.54) is 6.26 Å². The summed E-state index contributed by atoms with van der Waals surface area (Å²) in [4.78, 5) is 12.4. The van der Waals surface area contributed by atoms with Gasteiger partial charge in [0.2, 0.25) is 5.91 Å². The first-order chi connectivity index (χ1) is 14.4. The Bertz CT molecular complexity index is 1040. The average Bonchev–Trinajstić information content (AvgIpc) is 2.67. The van der Waals surface area contributed by atoms with Crippen molar-refractivity contribution in [2.45, 2.75) is 32.4 Å². The minimum atomic E-state index is -2.50. The highest BCUT2D eigenvalue weighted by molar-refractivity contribution is 7.97. The fourth-order valence-electron chi connectivity index (χ4n) is 2.90. The van der Waals surface area contributed by atoms with Gasteiger partial charge in [0.05, 0.1) is 17.2 Å². The molecule has 0 saturated carbocycles. The van der Waals surface area contributed by atoms with Gasteiger partial charge in [-0.3, -0.25) is 9.00 Å².